The van der Waals surface area contributed by atoms with Gasteiger partial charge in [-0.15, -0.1) is 13.2 Å². The maximum Gasteiger partial charge on any atom is 0.524 e. The molecule has 1 fully saturated rings. The molecular weight excluding hydrogens is 471 g/mol. The van der Waals surface area contributed by atoms with Gasteiger partial charge in [0.1, 0.15) is 6.04 Å². The summed E-state index contributed by atoms with van der Waals surface area (Å²) in [5.41, 5.74) is 0.812. The molecule has 2 atom stereocenters. The highest BCUT2D eigenvalue weighted by molar-refractivity contribution is 6.29. The summed E-state index contributed by atoms with van der Waals surface area (Å²) >= 11 is 6.40. The van der Waals surface area contributed by atoms with Gasteiger partial charge in [-0.2, -0.15) is 0 Å². The number of amides is 2. The van der Waals surface area contributed by atoms with Crippen molar-refractivity contribution in [3.8, 4) is 0 Å². The topological polar surface area (TPSA) is 61.9 Å². The van der Waals surface area contributed by atoms with Crippen LogP contribution in [0.25, 0.3) is 5.57 Å². The van der Waals surface area contributed by atoms with Crippen molar-refractivity contribution >= 4 is 29.0 Å². The Morgan fingerprint density at radius 3 is 2.56 bits per heavy atom. The third kappa shape index (κ3) is 6.84. The molecule has 0 spiro atoms. The second kappa shape index (κ2) is 10.9. The number of benzene rings is 1. The summed E-state index contributed by atoms with van der Waals surface area (Å²) in [4.78, 5) is 29.2. The van der Waals surface area contributed by atoms with Gasteiger partial charge in [-0.25, -0.2) is 0 Å². The molecule has 10 heteroatoms. The van der Waals surface area contributed by atoms with E-state index in [1.807, 2.05) is 19.0 Å². The van der Waals surface area contributed by atoms with Crippen molar-refractivity contribution in [2.45, 2.75) is 49.6 Å². The first-order valence-electron chi connectivity index (χ1n) is 11.2. The number of allylic oxidation sites excluding steroid dienone is 2. The van der Waals surface area contributed by atoms with E-state index in [0.29, 0.717) is 25.1 Å². The van der Waals surface area contributed by atoms with E-state index in [4.69, 9.17) is 11.6 Å². The Labute approximate surface area is 202 Å². The second-order valence-electron chi connectivity index (χ2n) is 8.73. The number of carbonyl (C=O) groups excluding carboxylic acids is 2. The number of likely N-dealkylation sites (tertiary alicyclic amines) is 1. The van der Waals surface area contributed by atoms with Crippen LogP contribution in [0.4, 0.5) is 13.2 Å². The van der Waals surface area contributed by atoms with Gasteiger partial charge < -0.3 is 15.1 Å². The first kappa shape index (κ1) is 26.2. The monoisotopic (exact) mass is 499 g/mol. The molecule has 1 aromatic rings. The predicted octanol–water partition coefficient (Wildman–Crippen LogP) is 4.28. The van der Waals surface area contributed by atoms with E-state index < -0.39 is 29.8 Å². The molecule has 1 aliphatic heterocycles. The average molecular weight is 500 g/mol. The normalized spacial score (nSPS) is 23.4. The maximum atomic E-state index is 13.2. The molecule has 0 radical (unpaired) electrons. The molecular formula is C24H29ClF3N3O3. The summed E-state index contributed by atoms with van der Waals surface area (Å²) in [5, 5.41) is 0.447. The van der Waals surface area contributed by atoms with Gasteiger partial charge in [-0.3, -0.25) is 14.3 Å². The number of ether oxygens (including phenoxy) is 1. The Morgan fingerprint density at radius 2 is 1.91 bits per heavy atom. The van der Waals surface area contributed by atoms with Gasteiger partial charge in [-0.05, 0) is 45.0 Å². The molecule has 2 unspecified atom stereocenters. The Bertz CT molecular complexity index is 950. The van der Waals surface area contributed by atoms with Crippen LogP contribution in [-0.2, 0) is 14.3 Å². The first-order chi connectivity index (χ1) is 16.0. The van der Waals surface area contributed by atoms with Crippen LogP contribution < -0.4 is 5.32 Å². The minimum Gasteiger partial charge on any atom is -0.331 e. The fraction of sp³-hybridized carbons (Fsp3) is 0.500. The van der Waals surface area contributed by atoms with Gasteiger partial charge in [0, 0.05) is 37.2 Å². The Hall–Kier alpha value is -2.36. The van der Waals surface area contributed by atoms with E-state index in [0.717, 1.165) is 12.8 Å². The quantitative estimate of drug-likeness (QED) is 0.569. The Morgan fingerprint density at radius 1 is 1.21 bits per heavy atom. The zero-order valence-electron chi connectivity index (χ0n) is 19.2. The van der Waals surface area contributed by atoms with Crippen LogP contribution in [0.3, 0.4) is 0 Å². The smallest absolute Gasteiger partial charge is 0.331 e. The number of piperidine rings is 1. The van der Waals surface area contributed by atoms with Gasteiger partial charge in [0.05, 0.1) is 0 Å². The number of hydrogen-bond acceptors (Lipinski definition) is 4. The minimum atomic E-state index is -4.99. The van der Waals surface area contributed by atoms with E-state index in [-0.39, 0.29) is 23.6 Å². The maximum absolute atomic E-state index is 13.2. The fourth-order valence-corrected chi connectivity index (χ4v) is 4.61. The standard InChI is InChI=1S/C24H29ClF3N3O3/c1-30(2)15-13-21(32)31-14-7-6-10-20(31)22(33)29-18-11-12-19(17-8-4-3-5-9-17)23(25,16-18)34-24(26,27)28/h3-5,8-9,11-12,20H,6-7,10,13-16H2,1-2H3,(H,29,33). The van der Waals surface area contributed by atoms with E-state index in [1.165, 1.54) is 12.2 Å². The lowest BCUT2D eigenvalue weighted by Gasteiger charge is -2.37. The average Bonchev–Trinajstić information content (AvgIpc) is 2.76. The van der Waals surface area contributed by atoms with Crippen LogP contribution in [0.15, 0.2) is 48.2 Å². The molecule has 0 bridgehead atoms. The summed E-state index contributed by atoms with van der Waals surface area (Å²) in [5.74, 6) is -0.559. The summed E-state index contributed by atoms with van der Waals surface area (Å²) in [7, 11) is 3.73. The van der Waals surface area contributed by atoms with Crippen molar-refractivity contribution in [2.75, 3.05) is 27.2 Å². The van der Waals surface area contributed by atoms with Crippen LogP contribution in [-0.4, -0.2) is 66.3 Å². The lowest BCUT2D eigenvalue weighted by atomic mass is 9.92. The third-order valence-electron chi connectivity index (χ3n) is 5.82. The molecule has 1 aliphatic carbocycles. The summed E-state index contributed by atoms with van der Waals surface area (Å²) in [6, 6.07) is 7.71. The summed E-state index contributed by atoms with van der Waals surface area (Å²) < 4.78 is 44.0. The lowest BCUT2D eigenvalue weighted by Crippen LogP contribution is -2.52. The number of carbonyl (C=O) groups is 2. The number of rotatable bonds is 7. The molecule has 0 aromatic heterocycles. The predicted molar refractivity (Wildman–Crippen MR) is 124 cm³/mol. The molecule has 6 nitrogen and oxygen atoms in total. The first-order valence-corrected chi connectivity index (χ1v) is 11.5. The van der Waals surface area contributed by atoms with Crippen LogP contribution in [0.5, 0.6) is 0 Å². The molecule has 1 saturated heterocycles. The second-order valence-corrected chi connectivity index (χ2v) is 9.34. The van der Waals surface area contributed by atoms with Crippen LogP contribution in [0, 0.1) is 0 Å². The molecule has 2 amide bonds. The highest BCUT2D eigenvalue weighted by Crippen LogP contribution is 2.45. The molecule has 0 saturated carbocycles. The molecule has 1 aromatic carbocycles. The van der Waals surface area contributed by atoms with Gasteiger partial charge >= 0.3 is 6.36 Å². The van der Waals surface area contributed by atoms with E-state index in [1.54, 1.807) is 35.2 Å². The zero-order valence-corrected chi connectivity index (χ0v) is 20.0. The van der Waals surface area contributed by atoms with Crippen molar-refractivity contribution in [3.63, 3.8) is 0 Å². The number of nitrogens with zero attached hydrogens (tertiary/aromatic N) is 2. The van der Waals surface area contributed by atoms with Gasteiger partial charge in [0.15, 0.2) is 5.06 Å². The molecule has 186 valence electrons. The van der Waals surface area contributed by atoms with Crippen molar-refractivity contribution in [2.24, 2.45) is 0 Å². The van der Waals surface area contributed by atoms with Crippen LogP contribution >= 0.6 is 11.6 Å². The van der Waals surface area contributed by atoms with E-state index in [9.17, 15) is 22.8 Å². The fourth-order valence-electron chi connectivity index (χ4n) is 4.20. The van der Waals surface area contributed by atoms with E-state index in [2.05, 4.69) is 10.1 Å². The molecule has 34 heavy (non-hydrogen) atoms. The summed E-state index contributed by atoms with van der Waals surface area (Å²) in [6.45, 7) is 1.03. The van der Waals surface area contributed by atoms with Crippen molar-refractivity contribution in [1.29, 1.82) is 0 Å². The van der Waals surface area contributed by atoms with Crippen LogP contribution in [0.2, 0.25) is 0 Å². The van der Waals surface area contributed by atoms with Crippen molar-refractivity contribution < 1.29 is 27.5 Å². The third-order valence-corrected chi connectivity index (χ3v) is 6.23. The minimum absolute atomic E-state index is 0.121. The highest BCUT2D eigenvalue weighted by atomic mass is 35.5. The number of hydrogen-bond donors (Lipinski definition) is 1. The molecule has 1 heterocycles. The number of alkyl halides is 4. The molecule has 1 N–H and O–H groups in total. The SMILES string of the molecule is CN(C)CCC(=O)N1CCCCC1C(=O)NC1=CC=C(c2ccccc2)C(Cl)(OC(F)(F)F)C1. The van der Waals surface area contributed by atoms with Crippen molar-refractivity contribution in [3.05, 3.63) is 53.7 Å². The highest BCUT2D eigenvalue weighted by Gasteiger charge is 2.47. The van der Waals surface area contributed by atoms with E-state index >= 15 is 0 Å². The zero-order chi connectivity index (χ0) is 24.9. The van der Waals surface area contributed by atoms with Gasteiger partial charge in [0.2, 0.25) is 11.8 Å². The lowest BCUT2D eigenvalue weighted by molar-refractivity contribution is -0.342. The molecule has 2 aliphatic rings. The van der Waals surface area contributed by atoms with Gasteiger partial charge in [0.25, 0.3) is 0 Å². The Kier molecular flexibility index (Phi) is 8.43. The summed E-state index contributed by atoms with van der Waals surface area (Å²) in [6.07, 6.45) is -0.0780. The molecule has 3 rings (SSSR count). The number of nitrogens with one attached hydrogen (secondary N) is 1. The number of halogens is 4. The van der Waals surface area contributed by atoms with Gasteiger partial charge in [-0.1, -0.05) is 48.0 Å². The van der Waals surface area contributed by atoms with Crippen LogP contribution in [0.1, 0.15) is 37.7 Å². The van der Waals surface area contributed by atoms with Crippen molar-refractivity contribution in [1.82, 2.24) is 15.1 Å². The largest absolute Gasteiger partial charge is 0.524 e. The Balaban J connectivity index is 1.79.